The second kappa shape index (κ2) is 3.35. The summed E-state index contributed by atoms with van der Waals surface area (Å²) >= 11 is 0. The van der Waals surface area contributed by atoms with Crippen LogP contribution < -0.4 is 0 Å². The Balaban J connectivity index is 2.17. The molecule has 0 aromatic rings. The zero-order valence-electron chi connectivity index (χ0n) is 6.88. The van der Waals surface area contributed by atoms with Gasteiger partial charge in [0, 0.05) is 12.6 Å². The quantitative estimate of drug-likeness (QED) is 0.626. The van der Waals surface area contributed by atoms with Gasteiger partial charge in [-0.25, -0.2) is 0 Å². The summed E-state index contributed by atoms with van der Waals surface area (Å²) in [6.07, 6.45) is 2.77. The van der Waals surface area contributed by atoms with E-state index in [1.807, 2.05) is 0 Å². The lowest BCUT2D eigenvalue weighted by molar-refractivity contribution is 0.176. The highest BCUT2D eigenvalue weighted by Crippen LogP contribution is 2.34. The third kappa shape index (κ3) is 1.96. The highest BCUT2D eigenvalue weighted by atomic mass is 16.3. The first-order valence-electron chi connectivity index (χ1n) is 4.07. The van der Waals surface area contributed by atoms with Crippen molar-refractivity contribution >= 4 is 0 Å². The molecular weight excluding hydrogens is 126 g/mol. The maximum absolute atomic E-state index is 8.65. The monoisotopic (exact) mass is 143 g/mol. The van der Waals surface area contributed by atoms with Crippen molar-refractivity contribution in [2.24, 2.45) is 5.92 Å². The maximum Gasteiger partial charge on any atom is 0.0558 e. The lowest BCUT2D eigenvalue weighted by Gasteiger charge is -2.23. The number of likely N-dealkylation sites (N-methyl/N-ethyl adjacent to an activating group) is 1. The highest BCUT2D eigenvalue weighted by molar-refractivity contribution is 4.83. The third-order valence-corrected chi connectivity index (χ3v) is 2.45. The normalized spacial score (nSPS) is 21.6. The van der Waals surface area contributed by atoms with E-state index in [-0.39, 0.29) is 6.61 Å². The molecule has 0 aliphatic heterocycles. The second-order valence-electron chi connectivity index (χ2n) is 3.28. The SMILES string of the molecule is C[C@H](C1CC1)N(C)CCO. The fraction of sp³-hybridized carbons (Fsp3) is 1.00. The molecule has 0 radical (unpaired) electrons. The van der Waals surface area contributed by atoms with Gasteiger partial charge in [0.25, 0.3) is 0 Å². The number of hydrogen-bond donors (Lipinski definition) is 1. The summed E-state index contributed by atoms with van der Waals surface area (Å²) in [5.41, 5.74) is 0. The number of hydrogen-bond acceptors (Lipinski definition) is 2. The Kier molecular flexibility index (Phi) is 2.69. The lowest BCUT2D eigenvalue weighted by atomic mass is 10.2. The maximum atomic E-state index is 8.65. The fourth-order valence-electron chi connectivity index (χ4n) is 1.30. The molecule has 1 fully saturated rings. The molecule has 1 aliphatic rings. The first-order valence-corrected chi connectivity index (χ1v) is 4.07. The number of rotatable bonds is 4. The molecule has 1 saturated carbocycles. The molecule has 1 aliphatic carbocycles. The van der Waals surface area contributed by atoms with Crippen molar-refractivity contribution in [2.75, 3.05) is 20.2 Å². The molecule has 1 atom stereocenters. The molecule has 0 amide bonds. The molecule has 2 nitrogen and oxygen atoms in total. The summed E-state index contributed by atoms with van der Waals surface area (Å²) in [7, 11) is 2.08. The Labute approximate surface area is 62.8 Å². The number of aliphatic hydroxyl groups excluding tert-OH is 1. The number of nitrogens with zero attached hydrogens (tertiary/aromatic N) is 1. The summed E-state index contributed by atoms with van der Waals surface area (Å²) < 4.78 is 0. The van der Waals surface area contributed by atoms with Crippen molar-refractivity contribution in [1.82, 2.24) is 4.90 Å². The van der Waals surface area contributed by atoms with Gasteiger partial charge < -0.3 is 10.0 Å². The lowest BCUT2D eigenvalue weighted by Crippen LogP contribution is -2.32. The minimum Gasteiger partial charge on any atom is -0.395 e. The average molecular weight is 143 g/mol. The summed E-state index contributed by atoms with van der Waals surface area (Å²) in [5, 5.41) is 8.65. The van der Waals surface area contributed by atoms with Crippen molar-refractivity contribution in [1.29, 1.82) is 0 Å². The van der Waals surface area contributed by atoms with Crippen molar-refractivity contribution in [3.63, 3.8) is 0 Å². The zero-order valence-corrected chi connectivity index (χ0v) is 6.88. The molecule has 0 saturated heterocycles. The molecule has 0 heterocycles. The molecule has 0 bridgehead atoms. The molecular formula is C8H17NO. The van der Waals surface area contributed by atoms with Crippen LogP contribution in [0.2, 0.25) is 0 Å². The van der Waals surface area contributed by atoms with Gasteiger partial charge in [-0.2, -0.15) is 0 Å². The van der Waals surface area contributed by atoms with Gasteiger partial charge in [0.05, 0.1) is 6.61 Å². The van der Waals surface area contributed by atoms with Crippen LogP contribution in [0.1, 0.15) is 19.8 Å². The van der Waals surface area contributed by atoms with E-state index < -0.39 is 0 Å². The van der Waals surface area contributed by atoms with Gasteiger partial charge in [-0.1, -0.05) is 0 Å². The third-order valence-electron chi connectivity index (χ3n) is 2.45. The minimum atomic E-state index is 0.285. The van der Waals surface area contributed by atoms with Gasteiger partial charge in [-0.15, -0.1) is 0 Å². The summed E-state index contributed by atoms with van der Waals surface area (Å²) in [6, 6.07) is 0.673. The van der Waals surface area contributed by atoms with Crippen LogP contribution in [0.3, 0.4) is 0 Å². The predicted molar refractivity (Wildman–Crippen MR) is 41.9 cm³/mol. The van der Waals surface area contributed by atoms with Gasteiger partial charge in [0.15, 0.2) is 0 Å². The first kappa shape index (κ1) is 8.02. The van der Waals surface area contributed by atoms with Crippen molar-refractivity contribution in [2.45, 2.75) is 25.8 Å². The average Bonchev–Trinajstić information content (AvgIpc) is 2.68. The van der Waals surface area contributed by atoms with Crippen LogP contribution in [0.25, 0.3) is 0 Å². The van der Waals surface area contributed by atoms with Crippen molar-refractivity contribution < 1.29 is 5.11 Å². The van der Waals surface area contributed by atoms with Gasteiger partial charge in [-0.3, -0.25) is 0 Å². The molecule has 1 N–H and O–H groups in total. The van der Waals surface area contributed by atoms with Gasteiger partial charge in [-0.05, 0) is 32.7 Å². The van der Waals surface area contributed by atoms with Crippen molar-refractivity contribution in [3.8, 4) is 0 Å². The van der Waals surface area contributed by atoms with Crippen LogP contribution in [-0.2, 0) is 0 Å². The van der Waals surface area contributed by atoms with E-state index in [2.05, 4.69) is 18.9 Å². The van der Waals surface area contributed by atoms with E-state index in [1.54, 1.807) is 0 Å². The Hall–Kier alpha value is -0.0800. The molecule has 0 spiro atoms. The smallest absolute Gasteiger partial charge is 0.0558 e. The molecule has 2 heteroatoms. The molecule has 0 aromatic carbocycles. The Morgan fingerprint density at radius 1 is 1.60 bits per heavy atom. The van der Waals surface area contributed by atoms with Crippen LogP contribution >= 0.6 is 0 Å². The van der Waals surface area contributed by atoms with E-state index in [0.29, 0.717) is 6.04 Å². The van der Waals surface area contributed by atoms with Crippen LogP contribution in [0.4, 0.5) is 0 Å². The predicted octanol–water partition coefficient (Wildman–Crippen LogP) is 0.709. The molecule has 0 aromatic heterocycles. The highest BCUT2D eigenvalue weighted by Gasteiger charge is 2.29. The number of aliphatic hydroxyl groups is 1. The summed E-state index contributed by atoms with van der Waals surface area (Å²) in [6.45, 7) is 3.35. The molecule has 60 valence electrons. The van der Waals surface area contributed by atoms with E-state index >= 15 is 0 Å². The second-order valence-corrected chi connectivity index (χ2v) is 3.28. The standard InChI is InChI=1S/C8H17NO/c1-7(8-3-4-8)9(2)5-6-10/h7-8,10H,3-6H2,1-2H3/t7-/m1/s1. The van der Waals surface area contributed by atoms with Gasteiger partial charge in [0.1, 0.15) is 0 Å². The molecule has 0 unspecified atom stereocenters. The summed E-state index contributed by atoms with van der Waals surface area (Å²) in [5.74, 6) is 0.913. The van der Waals surface area contributed by atoms with Crippen LogP contribution in [-0.4, -0.2) is 36.2 Å². The minimum absolute atomic E-state index is 0.285. The van der Waals surface area contributed by atoms with E-state index in [4.69, 9.17) is 5.11 Å². The van der Waals surface area contributed by atoms with Crippen LogP contribution in [0.15, 0.2) is 0 Å². The van der Waals surface area contributed by atoms with Gasteiger partial charge in [0.2, 0.25) is 0 Å². The molecule has 10 heavy (non-hydrogen) atoms. The molecule has 1 rings (SSSR count). The van der Waals surface area contributed by atoms with E-state index in [1.165, 1.54) is 12.8 Å². The largest absolute Gasteiger partial charge is 0.395 e. The first-order chi connectivity index (χ1) is 4.75. The Morgan fingerprint density at radius 3 is 2.60 bits per heavy atom. The van der Waals surface area contributed by atoms with Crippen molar-refractivity contribution in [3.05, 3.63) is 0 Å². The fourth-order valence-corrected chi connectivity index (χ4v) is 1.30. The van der Waals surface area contributed by atoms with Crippen LogP contribution in [0, 0.1) is 5.92 Å². The van der Waals surface area contributed by atoms with Crippen LogP contribution in [0.5, 0.6) is 0 Å². The Bertz CT molecular complexity index is 101. The zero-order chi connectivity index (χ0) is 7.56. The topological polar surface area (TPSA) is 23.5 Å². The van der Waals surface area contributed by atoms with Gasteiger partial charge >= 0.3 is 0 Å². The Morgan fingerprint density at radius 2 is 2.20 bits per heavy atom. The van der Waals surface area contributed by atoms with E-state index in [0.717, 1.165) is 12.5 Å². The van der Waals surface area contributed by atoms with E-state index in [9.17, 15) is 0 Å². The summed E-state index contributed by atoms with van der Waals surface area (Å²) in [4.78, 5) is 2.23.